The number of benzene rings is 1. The van der Waals surface area contributed by atoms with E-state index in [1.54, 1.807) is 12.4 Å². The third-order valence-electron chi connectivity index (χ3n) is 5.43. The molecule has 0 bridgehead atoms. The van der Waals surface area contributed by atoms with E-state index in [1.807, 2.05) is 10.6 Å². The van der Waals surface area contributed by atoms with Crippen LogP contribution in [0.1, 0.15) is 17.8 Å². The molecule has 0 amide bonds. The minimum atomic E-state index is -0.646. The molecule has 5 rings (SSSR count). The van der Waals surface area contributed by atoms with Crippen molar-refractivity contribution in [2.24, 2.45) is 5.73 Å². The quantitative estimate of drug-likeness (QED) is 0.433. The van der Waals surface area contributed by atoms with Crippen LogP contribution in [-0.2, 0) is 12.1 Å². The van der Waals surface area contributed by atoms with E-state index in [-0.39, 0.29) is 0 Å². The fraction of sp³-hybridized carbons (Fsp3) is 0.278. The van der Waals surface area contributed by atoms with Crippen LogP contribution in [0.25, 0.3) is 11.2 Å². The first-order valence-electron chi connectivity index (χ1n) is 9.24. The molecule has 5 N–H and O–H groups in total. The number of nitrogens with one attached hydrogen (secondary N) is 1. The van der Waals surface area contributed by atoms with Crippen LogP contribution in [0.4, 0.5) is 11.5 Å². The zero-order chi connectivity index (χ0) is 20.9. The van der Waals surface area contributed by atoms with Crippen molar-refractivity contribution >= 4 is 45.9 Å². The van der Waals surface area contributed by atoms with Gasteiger partial charge >= 0.3 is 0 Å². The van der Waals surface area contributed by atoms with Gasteiger partial charge < -0.3 is 20.9 Å². The lowest BCUT2D eigenvalue weighted by molar-refractivity contribution is 0.467. The molecule has 0 radical (unpaired) electrons. The summed E-state index contributed by atoms with van der Waals surface area (Å²) >= 11 is 13.0. The van der Waals surface area contributed by atoms with E-state index in [9.17, 15) is 0 Å². The van der Waals surface area contributed by atoms with Crippen LogP contribution in [0.3, 0.4) is 0 Å². The third-order valence-corrected chi connectivity index (χ3v) is 6.27. The number of aromatic amines is 1. The molecule has 12 heteroatoms. The van der Waals surface area contributed by atoms with Crippen molar-refractivity contribution in [3.05, 3.63) is 52.5 Å². The highest BCUT2D eigenvalue weighted by Crippen LogP contribution is 2.38. The van der Waals surface area contributed by atoms with Gasteiger partial charge in [0.05, 0.1) is 28.5 Å². The minimum absolute atomic E-state index is 0.329. The molecule has 10 nitrogen and oxygen atoms in total. The molecule has 30 heavy (non-hydrogen) atoms. The number of fused-ring (bicyclic) bond motifs is 1. The summed E-state index contributed by atoms with van der Waals surface area (Å²) in [7, 11) is 0. The number of H-pyrrole nitrogens is 1. The number of rotatable bonds is 4. The Morgan fingerprint density at radius 1 is 1.17 bits per heavy atom. The normalized spacial score (nSPS) is 19.1. The van der Waals surface area contributed by atoms with Crippen LogP contribution in [0.15, 0.2) is 31.1 Å². The fourth-order valence-corrected chi connectivity index (χ4v) is 4.28. The molecule has 1 aliphatic rings. The first kappa shape index (κ1) is 19.0. The van der Waals surface area contributed by atoms with Crippen molar-refractivity contribution in [2.45, 2.75) is 18.5 Å². The Hall–Kier alpha value is -2.95. The van der Waals surface area contributed by atoms with Gasteiger partial charge in [0.15, 0.2) is 17.3 Å². The molecule has 0 saturated carbocycles. The maximum atomic E-state index is 6.64. The van der Waals surface area contributed by atoms with Gasteiger partial charge in [-0.25, -0.2) is 19.9 Å². The summed E-state index contributed by atoms with van der Waals surface area (Å²) in [6, 6.07) is 3.74. The molecule has 1 atom stereocenters. The van der Waals surface area contributed by atoms with Gasteiger partial charge in [0.1, 0.15) is 18.2 Å². The SMILES string of the molecule is Nc1ncnc2c1ncn2Cc1c(N2CC[C@](N)(c3nc[nH]n3)C2)ccc(Cl)c1Cl. The van der Waals surface area contributed by atoms with Gasteiger partial charge in [-0.2, -0.15) is 5.10 Å². The number of hydrogen-bond acceptors (Lipinski definition) is 8. The summed E-state index contributed by atoms with van der Waals surface area (Å²) in [5.74, 6) is 0.925. The molecule has 4 aromatic rings. The zero-order valence-electron chi connectivity index (χ0n) is 15.8. The lowest BCUT2D eigenvalue weighted by atomic mass is 9.99. The van der Waals surface area contributed by atoms with Crippen molar-refractivity contribution in [3.63, 3.8) is 0 Å². The maximum Gasteiger partial charge on any atom is 0.171 e. The molecule has 0 aliphatic carbocycles. The number of imidazole rings is 1. The number of nitrogen functional groups attached to an aromatic ring is 1. The third kappa shape index (κ3) is 3.04. The van der Waals surface area contributed by atoms with E-state index in [1.165, 1.54) is 12.7 Å². The molecular weight excluding hydrogens is 427 g/mol. The van der Waals surface area contributed by atoms with Gasteiger partial charge in [-0.05, 0) is 18.6 Å². The standard InChI is InChI=1S/C18H18Cl2N10/c19-11-1-2-12(29-4-3-18(22,6-29)17-25-8-27-28-17)10(13(11)20)5-30-9-26-14-15(21)23-7-24-16(14)30/h1-2,7-9H,3-6,22H2,(H2,21,23,24)(H,25,27,28)/t18-/m1/s1. The van der Waals surface area contributed by atoms with Crippen LogP contribution in [0.2, 0.25) is 10.0 Å². The first-order chi connectivity index (χ1) is 14.5. The lowest BCUT2D eigenvalue weighted by Crippen LogP contribution is -2.41. The minimum Gasteiger partial charge on any atom is -0.382 e. The predicted molar refractivity (Wildman–Crippen MR) is 114 cm³/mol. The Labute approximate surface area is 181 Å². The van der Waals surface area contributed by atoms with Gasteiger partial charge in [0.25, 0.3) is 0 Å². The summed E-state index contributed by atoms with van der Waals surface area (Å²) in [4.78, 5) is 19.1. The molecule has 4 heterocycles. The zero-order valence-corrected chi connectivity index (χ0v) is 17.3. The van der Waals surface area contributed by atoms with E-state index < -0.39 is 5.54 Å². The molecule has 1 aromatic carbocycles. The average Bonchev–Trinajstić information content (AvgIpc) is 3.47. The number of aromatic nitrogens is 7. The predicted octanol–water partition coefficient (Wildman–Crippen LogP) is 1.95. The Bertz CT molecular complexity index is 1220. The van der Waals surface area contributed by atoms with Crippen molar-refractivity contribution in [1.29, 1.82) is 0 Å². The highest BCUT2D eigenvalue weighted by Gasteiger charge is 2.40. The summed E-state index contributed by atoms with van der Waals surface area (Å²) in [5.41, 5.74) is 14.8. The van der Waals surface area contributed by atoms with Gasteiger partial charge in [0, 0.05) is 24.3 Å². The van der Waals surface area contributed by atoms with Crippen LogP contribution in [0, 0.1) is 0 Å². The number of hydrogen-bond donors (Lipinski definition) is 3. The van der Waals surface area contributed by atoms with Crippen LogP contribution >= 0.6 is 23.2 Å². The molecule has 0 spiro atoms. The van der Waals surface area contributed by atoms with Gasteiger partial charge in [-0.1, -0.05) is 23.2 Å². The number of nitrogens with two attached hydrogens (primary N) is 2. The molecule has 154 valence electrons. The smallest absolute Gasteiger partial charge is 0.171 e. The van der Waals surface area contributed by atoms with E-state index in [0.717, 1.165) is 17.8 Å². The maximum absolute atomic E-state index is 6.64. The molecule has 0 unspecified atom stereocenters. The van der Waals surface area contributed by atoms with E-state index in [0.29, 0.717) is 52.4 Å². The van der Waals surface area contributed by atoms with Crippen molar-refractivity contribution < 1.29 is 0 Å². The Morgan fingerprint density at radius 3 is 2.83 bits per heavy atom. The van der Waals surface area contributed by atoms with Crippen LogP contribution in [0.5, 0.6) is 0 Å². The first-order valence-corrected chi connectivity index (χ1v) is 10.00. The van der Waals surface area contributed by atoms with Crippen LogP contribution in [-0.4, -0.2) is 47.8 Å². The topological polar surface area (TPSA) is 140 Å². The second kappa shape index (κ2) is 7.08. The summed E-state index contributed by atoms with van der Waals surface area (Å²) in [6.07, 6.45) is 5.33. The average molecular weight is 445 g/mol. The fourth-order valence-electron chi connectivity index (χ4n) is 3.88. The highest BCUT2D eigenvalue weighted by molar-refractivity contribution is 6.42. The van der Waals surface area contributed by atoms with E-state index in [4.69, 9.17) is 34.7 Å². The summed E-state index contributed by atoms with van der Waals surface area (Å²) < 4.78 is 1.87. The van der Waals surface area contributed by atoms with Gasteiger partial charge in [-0.3, -0.25) is 5.10 Å². The Balaban J connectivity index is 1.53. The second-order valence-electron chi connectivity index (χ2n) is 7.31. The van der Waals surface area contributed by atoms with Crippen molar-refractivity contribution in [3.8, 4) is 0 Å². The highest BCUT2D eigenvalue weighted by atomic mass is 35.5. The second-order valence-corrected chi connectivity index (χ2v) is 8.10. The molecule has 3 aromatic heterocycles. The van der Waals surface area contributed by atoms with Gasteiger partial charge in [0.2, 0.25) is 0 Å². The van der Waals surface area contributed by atoms with Crippen molar-refractivity contribution in [1.82, 2.24) is 34.7 Å². The lowest BCUT2D eigenvalue weighted by Gasteiger charge is -2.26. The molecule has 1 saturated heterocycles. The van der Waals surface area contributed by atoms with Gasteiger partial charge in [-0.15, -0.1) is 0 Å². The van der Waals surface area contributed by atoms with E-state index >= 15 is 0 Å². The Kier molecular flexibility index (Phi) is 4.49. The summed E-state index contributed by atoms with van der Waals surface area (Å²) in [5, 5.41) is 7.87. The number of nitrogens with zero attached hydrogens (tertiary/aromatic N) is 7. The van der Waals surface area contributed by atoms with Crippen molar-refractivity contribution in [2.75, 3.05) is 23.7 Å². The number of halogens is 2. The Morgan fingerprint density at radius 2 is 2.03 bits per heavy atom. The van der Waals surface area contributed by atoms with Crippen LogP contribution < -0.4 is 16.4 Å². The van der Waals surface area contributed by atoms with E-state index in [2.05, 4.69) is 35.0 Å². The largest absolute Gasteiger partial charge is 0.382 e. The molecular formula is C18H18Cl2N10. The molecule has 1 fully saturated rings. The number of anilines is 2. The summed E-state index contributed by atoms with van der Waals surface area (Å²) in [6.45, 7) is 1.70. The molecule has 1 aliphatic heterocycles. The monoisotopic (exact) mass is 444 g/mol.